The molecule has 0 aliphatic rings. The molecule has 0 saturated heterocycles. The van der Waals surface area contributed by atoms with E-state index in [1.54, 1.807) is 54.6 Å². The Kier molecular flexibility index (Phi) is 7.53. The van der Waals surface area contributed by atoms with Gasteiger partial charge >= 0.3 is 0 Å². The molecule has 0 atom stereocenters. The lowest BCUT2D eigenvalue weighted by molar-refractivity contribution is 0.0951. The predicted molar refractivity (Wildman–Crippen MR) is 130 cm³/mol. The number of hydrogen-bond acceptors (Lipinski definition) is 4. The van der Waals surface area contributed by atoms with Crippen molar-refractivity contribution in [1.82, 2.24) is 5.32 Å². The lowest BCUT2D eigenvalue weighted by Gasteiger charge is -2.21. The van der Waals surface area contributed by atoms with E-state index in [0.29, 0.717) is 17.8 Å². The first-order valence-electron chi connectivity index (χ1n) is 10.6. The Bertz CT molecular complexity index is 1130. The molecular formula is C25H29N3O3S. The number of hydrogen-bond donors (Lipinski definition) is 1. The van der Waals surface area contributed by atoms with Gasteiger partial charge < -0.3 is 10.2 Å². The molecule has 3 aromatic carbocycles. The number of nitrogens with zero attached hydrogens (tertiary/aromatic N) is 2. The zero-order chi connectivity index (χ0) is 23.1. The van der Waals surface area contributed by atoms with Crippen LogP contribution in [-0.4, -0.2) is 34.5 Å². The molecule has 168 valence electrons. The van der Waals surface area contributed by atoms with Gasteiger partial charge in [0.2, 0.25) is 0 Å². The molecule has 0 radical (unpaired) electrons. The van der Waals surface area contributed by atoms with Gasteiger partial charge in [0.1, 0.15) is 0 Å². The zero-order valence-electron chi connectivity index (χ0n) is 18.7. The highest BCUT2D eigenvalue weighted by Gasteiger charge is 2.21. The minimum atomic E-state index is -3.66. The second kappa shape index (κ2) is 10.3. The molecule has 6 nitrogen and oxygen atoms in total. The lowest BCUT2D eigenvalue weighted by atomic mass is 10.1. The monoisotopic (exact) mass is 451 g/mol. The summed E-state index contributed by atoms with van der Waals surface area (Å²) >= 11 is 0. The summed E-state index contributed by atoms with van der Waals surface area (Å²) in [4.78, 5) is 15.0. The van der Waals surface area contributed by atoms with Crippen molar-refractivity contribution in [2.75, 3.05) is 29.3 Å². The number of anilines is 2. The summed E-state index contributed by atoms with van der Waals surface area (Å²) in [7, 11) is -2.16. The summed E-state index contributed by atoms with van der Waals surface area (Å²) in [5.74, 6) is -0.210. The quantitative estimate of drug-likeness (QED) is 0.527. The van der Waals surface area contributed by atoms with Crippen molar-refractivity contribution in [1.29, 1.82) is 0 Å². The Morgan fingerprint density at radius 3 is 1.94 bits per heavy atom. The third kappa shape index (κ3) is 5.29. The Hall–Kier alpha value is -3.32. The van der Waals surface area contributed by atoms with Gasteiger partial charge in [-0.2, -0.15) is 0 Å². The van der Waals surface area contributed by atoms with Crippen LogP contribution in [0.25, 0.3) is 0 Å². The predicted octanol–water partition coefficient (Wildman–Crippen LogP) is 4.29. The third-order valence-corrected chi connectivity index (χ3v) is 7.21. The maximum Gasteiger partial charge on any atom is 0.264 e. The fraction of sp³-hybridized carbons (Fsp3) is 0.240. The van der Waals surface area contributed by atoms with E-state index >= 15 is 0 Å². The summed E-state index contributed by atoms with van der Waals surface area (Å²) in [6.45, 7) is 6.56. The van der Waals surface area contributed by atoms with Crippen LogP contribution in [0.3, 0.4) is 0 Å². The van der Waals surface area contributed by atoms with E-state index in [1.807, 2.05) is 12.1 Å². The number of nitrogens with one attached hydrogen (secondary N) is 1. The van der Waals surface area contributed by atoms with E-state index in [0.717, 1.165) is 24.3 Å². The second-order valence-electron chi connectivity index (χ2n) is 7.35. The highest BCUT2D eigenvalue weighted by Crippen LogP contribution is 2.22. The van der Waals surface area contributed by atoms with Crippen LogP contribution in [0.1, 0.15) is 29.8 Å². The summed E-state index contributed by atoms with van der Waals surface area (Å²) in [6.07, 6.45) is 0. The van der Waals surface area contributed by atoms with Crippen molar-refractivity contribution < 1.29 is 13.2 Å². The maximum absolute atomic E-state index is 12.8. The van der Waals surface area contributed by atoms with Gasteiger partial charge in [0.05, 0.1) is 10.6 Å². The maximum atomic E-state index is 12.8. The van der Waals surface area contributed by atoms with Crippen molar-refractivity contribution >= 4 is 27.3 Å². The number of benzene rings is 3. The zero-order valence-corrected chi connectivity index (χ0v) is 19.5. The molecule has 1 amide bonds. The van der Waals surface area contributed by atoms with Crippen molar-refractivity contribution in [2.24, 2.45) is 0 Å². The highest BCUT2D eigenvalue weighted by molar-refractivity contribution is 7.92. The van der Waals surface area contributed by atoms with Crippen LogP contribution >= 0.6 is 0 Å². The van der Waals surface area contributed by atoms with Crippen molar-refractivity contribution in [3.05, 3.63) is 90.0 Å². The molecule has 7 heteroatoms. The molecule has 0 unspecified atom stereocenters. The minimum Gasteiger partial charge on any atom is -0.372 e. The van der Waals surface area contributed by atoms with Crippen LogP contribution in [-0.2, 0) is 16.6 Å². The molecule has 0 aromatic heterocycles. The minimum absolute atomic E-state index is 0.210. The van der Waals surface area contributed by atoms with Gasteiger partial charge in [-0.15, -0.1) is 0 Å². The molecule has 3 aromatic rings. The van der Waals surface area contributed by atoms with Crippen molar-refractivity contribution in [2.45, 2.75) is 25.3 Å². The molecule has 0 heterocycles. The normalized spacial score (nSPS) is 11.1. The van der Waals surface area contributed by atoms with Crippen molar-refractivity contribution in [3.8, 4) is 0 Å². The molecule has 3 rings (SSSR count). The summed E-state index contributed by atoms with van der Waals surface area (Å²) in [5.41, 5.74) is 3.13. The number of amides is 1. The first-order valence-corrected chi connectivity index (χ1v) is 12.1. The second-order valence-corrected chi connectivity index (χ2v) is 9.32. The van der Waals surface area contributed by atoms with Gasteiger partial charge in [-0.1, -0.05) is 30.3 Å². The van der Waals surface area contributed by atoms with E-state index in [4.69, 9.17) is 0 Å². The SMILES string of the molecule is CCN(CC)c1ccc(CNC(=O)c2ccc(N(C)S(=O)(=O)c3ccccc3)cc2)cc1. The topological polar surface area (TPSA) is 69.7 Å². The molecule has 32 heavy (non-hydrogen) atoms. The molecule has 0 aliphatic heterocycles. The highest BCUT2D eigenvalue weighted by atomic mass is 32.2. The Morgan fingerprint density at radius 1 is 0.812 bits per heavy atom. The molecule has 0 bridgehead atoms. The largest absolute Gasteiger partial charge is 0.372 e. The average molecular weight is 452 g/mol. The van der Waals surface area contributed by atoms with Crippen LogP contribution in [0.2, 0.25) is 0 Å². The smallest absolute Gasteiger partial charge is 0.264 e. The number of rotatable bonds is 9. The van der Waals surface area contributed by atoms with Crippen LogP contribution in [0.15, 0.2) is 83.8 Å². The number of sulfonamides is 1. The van der Waals surface area contributed by atoms with E-state index in [1.165, 1.54) is 11.4 Å². The average Bonchev–Trinajstić information content (AvgIpc) is 2.84. The fourth-order valence-corrected chi connectivity index (χ4v) is 4.63. The molecule has 0 fully saturated rings. The van der Waals surface area contributed by atoms with Crippen LogP contribution in [0.4, 0.5) is 11.4 Å². The van der Waals surface area contributed by atoms with Crippen LogP contribution in [0.5, 0.6) is 0 Å². The first kappa shape index (κ1) is 23.3. The third-order valence-electron chi connectivity index (χ3n) is 5.41. The Labute approximate surface area is 190 Å². The lowest BCUT2D eigenvalue weighted by Crippen LogP contribution is -2.27. The number of carbonyl (C=O) groups excluding carboxylic acids is 1. The van der Waals surface area contributed by atoms with E-state index < -0.39 is 10.0 Å². The van der Waals surface area contributed by atoms with Gasteiger partial charge in [-0.25, -0.2) is 8.42 Å². The Balaban J connectivity index is 1.63. The van der Waals surface area contributed by atoms with Gasteiger partial charge in [-0.05, 0) is 67.9 Å². The van der Waals surface area contributed by atoms with E-state index in [2.05, 4.69) is 36.2 Å². The van der Waals surface area contributed by atoms with Gasteiger partial charge in [0, 0.05) is 37.9 Å². The van der Waals surface area contributed by atoms with Crippen LogP contribution < -0.4 is 14.5 Å². The summed E-state index contributed by atoms with van der Waals surface area (Å²) in [6, 6.07) is 22.9. The molecule has 0 spiro atoms. The van der Waals surface area contributed by atoms with Crippen LogP contribution in [0, 0.1) is 0 Å². The number of carbonyl (C=O) groups is 1. The summed E-state index contributed by atoms with van der Waals surface area (Å²) in [5, 5.41) is 2.91. The first-order chi connectivity index (χ1) is 15.4. The molecule has 0 saturated carbocycles. The van der Waals surface area contributed by atoms with E-state index in [9.17, 15) is 13.2 Å². The fourth-order valence-electron chi connectivity index (χ4n) is 3.41. The van der Waals surface area contributed by atoms with Gasteiger partial charge in [0.25, 0.3) is 15.9 Å². The standard InChI is InChI=1S/C25H29N3O3S/c1-4-28(5-2)23-15-11-20(12-16-23)19-26-25(29)21-13-17-22(18-14-21)27(3)32(30,31)24-9-7-6-8-10-24/h6-18H,4-5,19H2,1-3H3,(H,26,29). The Morgan fingerprint density at radius 2 is 1.38 bits per heavy atom. The summed E-state index contributed by atoms with van der Waals surface area (Å²) < 4.78 is 26.7. The van der Waals surface area contributed by atoms with Gasteiger partial charge in [-0.3, -0.25) is 9.10 Å². The van der Waals surface area contributed by atoms with Gasteiger partial charge in [0.15, 0.2) is 0 Å². The molecular weight excluding hydrogens is 422 g/mol. The molecule has 1 N–H and O–H groups in total. The van der Waals surface area contributed by atoms with E-state index in [-0.39, 0.29) is 10.8 Å². The molecule has 0 aliphatic carbocycles. The van der Waals surface area contributed by atoms with Crippen molar-refractivity contribution in [3.63, 3.8) is 0 Å².